The van der Waals surface area contributed by atoms with Gasteiger partial charge in [0.25, 0.3) is 5.91 Å². The van der Waals surface area contributed by atoms with Crippen molar-refractivity contribution >= 4 is 17.2 Å². The summed E-state index contributed by atoms with van der Waals surface area (Å²) in [4.78, 5) is 12.2. The summed E-state index contributed by atoms with van der Waals surface area (Å²) < 4.78 is 5.04. The number of aryl methyl sites for hydroxylation is 2. The van der Waals surface area contributed by atoms with Gasteiger partial charge >= 0.3 is 0 Å². The summed E-state index contributed by atoms with van der Waals surface area (Å²) in [6, 6.07) is 1.85. The van der Waals surface area contributed by atoms with Crippen LogP contribution in [-0.4, -0.2) is 22.7 Å². The summed E-state index contributed by atoms with van der Waals surface area (Å²) in [6.45, 7) is 5.43. The summed E-state index contributed by atoms with van der Waals surface area (Å²) in [6.07, 6.45) is 0.626. The third kappa shape index (κ3) is 2.91. The Morgan fingerprint density at radius 2 is 2.35 bits per heavy atom. The lowest BCUT2D eigenvalue weighted by atomic mass is 9.99. The van der Waals surface area contributed by atoms with Crippen LogP contribution in [0.1, 0.15) is 41.2 Å². The number of nitrogens with zero attached hydrogens (tertiary/aromatic N) is 1. The maximum atomic E-state index is 12.2. The molecule has 20 heavy (non-hydrogen) atoms. The minimum Gasteiger partial charge on any atom is -0.384 e. The summed E-state index contributed by atoms with van der Waals surface area (Å²) in [5.41, 5.74) is 0.803. The van der Waals surface area contributed by atoms with Gasteiger partial charge in [-0.05, 0) is 42.7 Å². The molecule has 108 valence electrons. The number of carbonyl (C=O) groups is 1. The molecule has 2 aromatic rings. The molecule has 0 saturated carbocycles. The predicted molar refractivity (Wildman–Crippen MR) is 76.8 cm³/mol. The monoisotopic (exact) mass is 294 g/mol. The van der Waals surface area contributed by atoms with Gasteiger partial charge in [-0.25, -0.2) is 0 Å². The largest absolute Gasteiger partial charge is 0.384 e. The zero-order valence-corrected chi connectivity index (χ0v) is 12.6. The Kier molecular flexibility index (Phi) is 4.25. The van der Waals surface area contributed by atoms with Crippen LogP contribution in [-0.2, 0) is 12.0 Å². The molecule has 5 nitrogen and oxygen atoms in total. The minimum atomic E-state index is -1.09. The molecule has 2 rings (SSSR count). The molecule has 2 heterocycles. The molecule has 2 aromatic heterocycles. The van der Waals surface area contributed by atoms with E-state index >= 15 is 0 Å². The second-order valence-corrected chi connectivity index (χ2v) is 5.66. The Morgan fingerprint density at radius 1 is 1.60 bits per heavy atom. The highest BCUT2D eigenvalue weighted by atomic mass is 32.1. The Hall–Kier alpha value is -1.66. The van der Waals surface area contributed by atoms with Crippen molar-refractivity contribution in [3.63, 3.8) is 0 Å². The lowest BCUT2D eigenvalue weighted by Crippen LogP contribution is -2.38. The average Bonchev–Trinajstić information content (AvgIpc) is 3.05. The topological polar surface area (TPSA) is 75.4 Å². The molecule has 0 aromatic carbocycles. The third-order valence-electron chi connectivity index (χ3n) is 3.23. The lowest BCUT2D eigenvalue weighted by Gasteiger charge is -2.22. The SMILES string of the molecule is CCc1noc(C)c1C(=O)NC[C@@](C)(O)c1ccsc1. The molecule has 0 bridgehead atoms. The van der Waals surface area contributed by atoms with Crippen molar-refractivity contribution < 1.29 is 14.4 Å². The van der Waals surface area contributed by atoms with Gasteiger partial charge in [-0.3, -0.25) is 4.79 Å². The second kappa shape index (κ2) is 5.76. The van der Waals surface area contributed by atoms with Crippen LogP contribution in [0, 0.1) is 6.92 Å². The van der Waals surface area contributed by atoms with Gasteiger partial charge < -0.3 is 14.9 Å². The van der Waals surface area contributed by atoms with Crippen molar-refractivity contribution in [3.05, 3.63) is 39.4 Å². The fourth-order valence-electron chi connectivity index (χ4n) is 1.96. The number of carbonyl (C=O) groups excluding carboxylic acids is 1. The summed E-state index contributed by atoms with van der Waals surface area (Å²) >= 11 is 1.51. The van der Waals surface area contributed by atoms with Crippen LogP contribution in [0.25, 0.3) is 0 Å². The van der Waals surface area contributed by atoms with Crippen LogP contribution < -0.4 is 5.32 Å². The zero-order valence-electron chi connectivity index (χ0n) is 11.8. The van der Waals surface area contributed by atoms with E-state index in [2.05, 4.69) is 10.5 Å². The van der Waals surface area contributed by atoms with E-state index in [0.29, 0.717) is 23.4 Å². The molecule has 6 heteroatoms. The molecular formula is C14H18N2O3S. The van der Waals surface area contributed by atoms with Crippen molar-refractivity contribution in [3.8, 4) is 0 Å². The first-order valence-corrected chi connectivity index (χ1v) is 7.38. The fourth-order valence-corrected chi connectivity index (χ4v) is 2.75. The number of thiophene rings is 1. The van der Waals surface area contributed by atoms with E-state index in [1.165, 1.54) is 11.3 Å². The van der Waals surface area contributed by atoms with Crippen LogP contribution in [0.15, 0.2) is 21.3 Å². The number of hydrogen-bond donors (Lipinski definition) is 2. The molecule has 0 radical (unpaired) electrons. The van der Waals surface area contributed by atoms with Gasteiger partial charge in [0.15, 0.2) is 0 Å². The third-order valence-corrected chi connectivity index (χ3v) is 3.91. The van der Waals surface area contributed by atoms with Gasteiger partial charge in [0.2, 0.25) is 0 Å². The maximum absolute atomic E-state index is 12.2. The van der Waals surface area contributed by atoms with E-state index in [0.717, 1.165) is 5.56 Å². The number of hydrogen-bond acceptors (Lipinski definition) is 5. The number of aliphatic hydroxyl groups is 1. The molecule has 0 saturated heterocycles. The van der Waals surface area contributed by atoms with Gasteiger partial charge in [0.1, 0.15) is 16.9 Å². The Morgan fingerprint density at radius 3 is 2.95 bits per heavy atom. The molecule has 1 amide bonds. The first kappa shape index (κ1) is 14.7. The van der Waals surface area contributed by atoms with E-state index in [1.807, 2.05) is 23.8 Å². The quantitative estimate of drug-likeness (QED) is 0.887. The van der Waals surface area contributed by atoms with Crippen molar-refractivity contribution in [2.45, 2.75) is 32.8 Å². The zero-order chi connectivity index (χ0) is 14.8. The summed E-state index contributed by atoms with van der Waals surface area (Å²) in [7, 11) is 0. The fraction of sp³-hybridized carbons (Fsp3) is 0.429. The highest BCUT2D eigenvalue weighted by molar-refractivity contribution is 7.08. The lowest BCUT2D eigenvalue weighted by molar-refractivity contribution is 0.0529. The highest BCUT2D eigenvalue weighted by Gasteiger charge is 2.26. The van der Waals surface area contributed by atoms with Crippen molar-refractivity contribution in [1.29, 1.82) is 0 Å². The highest BCUT2D eigenvalue weighted by Crippen LogP contribution is 2.22. The number of aromatic nitrogens is 1. The van der Waals surface area contributed by atoms with Gasteiger partial charge in [-0.1, -0.05) is 12.1 Å². The number of nitrogens with one attached hydrogen (secondary N) is 1. The van der Waals surface area contributed by atoms with Crippen LogP contribution in [0.3, 0.4) is 0 Å². The van der Waals surface area contributed by atoms with Crippen molar-refractivity contribution in [2.75, 3.05) is 6.54 Å². The molecule has 0 unspecified atom stereocenters. The minimum absolute atomic E-state index is 0.135. The van der Waals surface area contributed by atoms with Gasteiger partial charge in [0.05, 0.1) is 12.2 Å². The predicted octanol–water partition coefficient (Wildman–Crippen LogP) is 2.24. The molecule has 0 aliphatic heterocycles. The van der Waals surface area contributed by atoms with E-state index in [4.69, 9.17) is 4.52 Å². The van der Waals surface area contributed by atoms with E-state index < -0.39 is 5.60 Å². The van der Waals surface area contributed by atoms with Crippen LogP contribution in [0.2, 0.25) is 0 Å². The van der Waals surface area contributed by atoms with Crippen LogP contribution in [0.5, 0.6) is 0 Å². The normalized spacial score (nSPS) is 14.0. The summed E-state index contributed by atoms with van der Waals surface area (Å²) in [5.74, 6) is 0.227. The molecule has 0 aliphatic rings. The maximum Gasteiger partial charge on any atom is 0.256 e. The Balaban J connectivity index is 2.07. The molecule has 1 atom stereocenters. The van der Waals surface area contributed by atoms with E-state index in [1.54, 1.807) is 13.8 Å². The molecule has 2 N–H and O–H groups in total. The van der Waals surface area contributed by atoms with E-state index in [-0.39, 0.29) is 12.5 Å². The Labute approximate surface area is 121 Å². The van der Waals surface area contributed by atoms with Gasteiger partial charge in [0, 0.05) is 0 Å². The molecule has 0 aliphatic carbocycles. The first-order chi connectivity index (χ1) is 9.45. The van der Waals surface area contributed by atoms with Gasteiger partial charge in [-0.2, -0.15) is 11.3 Å². The number of amides is 1. The molecule has 0 spiro atoms. The number of rotatable bonds is 5. The van der Waals surface area contributed by atoms with Crippen LogP contribution in [0.4, 0.5) is 0 Å². The second-order valence-electron chi connectivity index (χ2n) is 4.88. The van der Waals surface area contributed by atoms with Gasteiger partial charge in [-0.15, -0.1) is 0 Å². The average molecular weight is 294 g/mol. The Bertz CT molecular complexity index is 588. The molecule has 0 fully saturated rings. The molecular weight excluding hydrogens is 276 g/mol. The summed E-state index contributed by atoms with van der Waals surface area (Å²) in [5, 5.41) is 20.7. The van der Waals surface area contributed by atoms with E-state index in [9.17, 15) is 9.90 Å². The smallest absolute Gasteiger partial charge is 0.256 e. The standard InChI is InChI=1S/C14H18N2O3S/c1-4-11-12(9(2)19-16-11)13(17)15-8-14(3,18)10-5-6-20-7-10/h5-7,18H,4,8H2,1-3H3,(H,15,17)/t14-/m1/s1. The van der Waals surface area contributed by atoms with Crippen molar-refractivity contribution in [2.24, 2.45) is 0 Å². The van der Waals surface area contributed by atoms with Crippen molar-refractivity contribution in [1.82, 2.24) is 10.5 Å². The first-order valence-electron chi connectivity index (χ1n) is 6.44. The van der Waals surface area contributed by atoms with Crippen LogP contribution >= 0.6 is 11.3 Å².